The van der Waals surface area contributed by atoms with E-state index in [2.05, 4.69) is 35.1 Å². The lowest BCUT2D eigenvalue weighted by molar-refractivity contribution is -0.667. The van der Waals surface area contributed by atoms with Gasteiger partial charge in [0.2, 0.25) is 10.4 Å². The zero-order chi connectivity index (χ0) is 38.1. The van der Waals surface area contributed by atoms with Crippen molar-refractivity contribution in [2.45, 2.75) is 26.2 Å². The summed E-state index contributed by atoms with van der Waals surface area (Å²) < 4.78 is 131. The number of carbonyl (C=O) groups is 1. The molecule has 3 rings (SSSR count). The van der Waals surface area contributed by atoms with Crippen LogP contribution in [0.5, 0.6) is 0 Å². The normalized spacial score (nSPS) is 11.1. The first-order valence-corrected chi connectivity index (χ1v) is 16.7. The number of anilines is 2. The topological polar surface area (TPSA) is 217 Å². The SMILES string of the molecule is CI.COS(=O)(=O)OC.COS(=O)(=O)[O-].Cc1ccc(N)c(N)c1.Cc1ccc2c(c1)n(C)c(C(F)(F)F)[n+]2C.O=C(O)C(F)(F)F. The van der Waals surface area contributed by atoms with Crippen LogP contribution in [0.3, 0.4) is 0 Å². The van der Waals surface area contributed by atoms with E-state index < -0.39 is 44.9 Å². The van der Waals surface area contributed by atoms with E-state index in [1.165, 1.54) is 23.2 Å². The van der Waals surface area contributed by atoms with Gasteiger partial charge in [-0.15, -0.1) is 0 Å². The second kappa shape index (κ2) is 21.1. The number of benzene rings is 2. The van der Waals surface area contributed by atoms with E-state index in [1.807, 2.05) is 43.0 Å². The molecule has 0 bridgehead atoms. The molecule has 0 saturated heterocycles. The molecule has 0 saturated carbocycles. The molecule has 0 aliphatic rings. The van der Waals surface area contributed by atoms with Crippen molar-refractivity contribution in [3.63, 3.8) is 0 Å². The standard InChI is InChI=1S/C11H12F3N2.C7H10N2.C2HF3O2.C2H6O4S.CH3I.CH4O4S/c1-7-4-5-8-9(6-7)16(3)10(15(8)2)11(12,13)14;1-5-2-3-6(8)7(9)4-5;3-2(4,5)1(6)7;1-5-7(3,4)6-2;1-2;1-5-6(2,3)4/h4-6H,1-3H3;2-4H,8-9H2,1H3;(H,6,7);1-2H3;1H3;1H3,(H,2,3,4)/q+1;;;;;/p-1. The molecule has 2 aromatic carbocycles. The van der Waals surface area contributed by atoms with Crippen LogP contribution in [-0.4, -0.2) is 69.5 Å². The molecule has 23 heteroatoms. The minimum Gasteiger partial charge on any atom is -0.726 e. The predicted molar refractivity (Wildman–Crippen MR) is 167 cm³/mol. The van der Waals surface area contributed by atoms with Crippen molar-refractivity contribution in [1.82, 2.24) is 4.57 Å². The maximum absolute atomic E-state index is 12.8. The Morgan fingerprint density at radius 1 is 0.872 bits per heavy atom. The van der Waals surface area contributed by atoms with E-state index >= 15 is 0 Å². The van der Waals surface area contributed by atoms with Crippen molar-refractivity contribution in [2.75, 3.05) is 37.7 Å². The third-order valence-corrected chi connectivity index (χ3v) is 6.06. The minimum atomic E-state index is -5.08. The molecule has 0 aliphatic carbocycles. The van der Waals surface area contributed by atoms with E-state index in [0.717, 1.165) is 32.5 Å². The van der Waals surface area contributed by atoms with Gasteiger partial charge in [0.1, 0.15) is 0 Å². The molecule has 14 nitrogen and oxygen atoms in total. The van der Waals surface area contributed by atoms with Crippen molar-refractivity contribution in [2.24, 2.45) is 14.1 Å². The summed E-state index contributed by atoms with van der Waals surface area (Å²) in [5, 5.41) is 7.12. The summed E-state index contributed by atoms with van der Waals surface area (Å²) in [6, 6.07) is 10.9. The van der Waals surface area contributed by atoms with E-state index in [9.17, 15) is 47.7 Å². The fourth-order valence-corrected chi connectivity index (χ4v) is 2.92. The van der Waals surface area contributed by atoms with Crippen molar-refractivity contribution < 1.29 is 74.7 Å². The van der Waals surface area contributed by atoms with Gasteiger partial charge < -0.3 is 21.1 Å². The molecular formula is C24H35F6IN4O10S2. The summed E-state index contributed by atoms with van der Waals surface area (Å²) in [4.78, 5) is 10.9. The Morgan fingerprint density at radius 2 is 1.26 bits per heavy atom. The highest BCUT2D eigenvalue weighted by Crippen LogP contribution is 2.29. The first kappa shape index (κ1) is 48.4. The summed E-state index contributed by atoms with van der Waals surface area (Å²) in [5.74, 6) is -3.40. The van der Waals surface area contributed by atoms with Crippen LogP contribution in [0.2, 0.25) is 0 Å². The summed E-state index contributed by atoms with van der Waals surface area (Å²) in [6.45, 7) is 3.84. The Morgan fingerprint density at radius 3 is 1.53 bits per heavy atom. The van der Waals surface area contributed by atoms with Crippen molar-refractivity contribution >= 4 is 71.8 Å². The number of nitrogens with two attached hydrogens (primary N) is 2. The molecule has 0 fully saturated rings. The van der Waals surface area contributed by atoms with Gasteiger partial charge >= 0.3 is 34.5 Å². The molecule has 3 aromatic rings. The number of rotatable bonds is 3. The lowest BCUT2D eigenvalue weighted by atomic mass is 10.2. The molecule has 5 N–H and O–H groups in total. The number of aromatic nitrogens is 2. The number of hydrogen-bond donors (Lipinski definition) is 3. The second-order valence-corrected chi connectivity index (χ2v) is 10.8. The number of carboxylic acids is 1. The summed E-state index contributed by atoms with van der Waals surface area (Å²) in [7, 11) is -2.34. The lowest BCUT2D eigenvalue weighted by Gasteiger charge is -2.01. The predicted octanol–water partition coefficient (Wildman–Crippen LogP) is 3.79. The Kier molecular flexibility index (Phi) is 21.7. The minimum absolute atomic E-state index is 0.584. The van der Waals surface area contributed by atoms with Gasteiger partial charge in [0.15, 0.2) is 11.0 Å². The molecule has 0 unspecified atom stereocenters. The molecule has 0 radical (unpaired) electrons. The maximum Gasteiger partial charge on any atom is 0.495 e. The number of nitrogens with zero attached hydrogens (tertiary/aromatic N) is 2. The Bertz CT molecular complexity index is 1620. The molecule has 0 atom stereocenters. The van der Waals surface area contributed by atoms with E-state index in [4.69, 9.17) is 21.4 Å². The van der Waals surface area contributed by atoms with Gasteiger partial charge in [0.05, 0.1) is 46.8 Å². The number of aliphatic carboxylic acids is 1. The molecule has 0 aliphatic heterocycles. The molecule has 272 valence electrons. The number of halogens is 7. The number of aryl methyl sites for hydroxylation is 4. The Hall–Kier alpha value is -2.97. The Balaban J connectivity index is -0.000000541. The number of fused-ring (bicyclic) bond motifs is 1. The number of imidazole rings is 1. The monoisotopic (exact) mass is 844 g/mol. The maximum atomic E-state index is 12.8. The fraction of sp³-hybridized carbons (Fsp3) is 0.417. The van der Waals surface area contributed by atoms with Crippen LogP contribution in [0.15, 0.2) is 36.4 Å². The van der Waals surface area contributed by atoms with Gasteiger partial charge in [0.25, 0.3) is 0 Å². The van der Waals surface area contributed by atoms with Crippen LogP contribution in [0, 0.1) is 13.8 Å². The van der Waals surface area contributed by atoms with Gasteiger partial charge in [-0.2, -0.15) is 34.8 Å². The van der Waals surface area contributed by atoms with E-state index in [0.29, 0.717) is 22.4 Å². The Labute approximate surface area is 281 Å². The van der Waals surface area contributed by atoms with Gasteiger partial charge in [-0.25, -0.2) is 22.3 Å². The highest BCUT2D eigenvalue weighted by Gasteiger charge is 2.45. The second-order valence-electron chi connectivity index (χ2n) is 8.18. The van der Waals surface area contributed by atoms with E-state index in [1.54, 1.807) is 12.1 Å². The van der Waals surface area contributed by atoms with Gasteiger partial charge in [0, 0.05) is 0 Å². The van der Waals surface area contributed by atoms with Crippen LogP contribution in [0.25, 0.3) is 11.0 Å². The third kappa shape index (κ3) is 20.1. The van der Waals surface area contributed by atoms with Crippen molar-refractivity contribution in [3.05, 3.63) is 53.3 Å². The highest BCUT2D eigenvalue weighted by atomic mass is 127. The summed E-state index contributed by atoms with van der Waals surface area (Å²) in [6.07, 6.45) is -9.42. The van der Waals surface area contributed by atoms with Crippen molar-refractivity contribution in [1.29, 1.82) is 0 Å². The highest BCUT2D eigenvalue weighted by molar-refractivity contribution is 14.1. The number of alkyl halides is 7. The first-order valence-electron chi connectivity index (χ1n) is 11.8. The van der Waals surface area contributed by atoms with E-state index in [-0.39, 0.29) is 0 Å². The fourth-order valence-electron chi connectivity index (χ4n) is 2.78. The molecule has 0 spiro atoms. The molecule has 47 heavy (non-hydrogen) atoms. The van der Waals surface area contributed by atoms with Crippen LogP contribution in [0.1, 0.15) is 17.0 Å². The molecule has 1 aromatic heterocycles. The smallest absolute Gasteiger partial charge is 0.495 e. The zero-order valence-electron chi connectivity index (χ0n) is 26.1. The quantitative estimate of drug-likeness (QED) is 0.0653. The van der Waals surface area contributed by atoms with Crippen LogP contribution < -0.4 is 16.0 Å². The zero-order valence-corrected chi connectivity index (χ0v) is 29.9. The summed E-state index contributed by atoms with van der Waals surface area (Å²) >= 11 is 2.15. The number of hydrogen-bond acceptors (Lipinski definition) is 11. The van der Waals surface area contributed by atoms with Crippen molar-refractivity contribution in [3.8, 4) is 0 Å². The van der Waals surface area contributed by atoms with Crippen LogP contribution in [-0.2, 0) is 58.4 Å². The van der Waals surface area contributed by atoms with Gasteiger partial charge in [-0.1, -0.05) is 34.7 Å². The van der Waals surface area contributed by atoms with Gasteiger partial charge in [-0.3, -0.25) is 12.5 Å². The summed E-state index contributed by atoms with van der Waals surface area (Å²) in [5.41, 5.74) is 15.5. The van der Waals surface area contributed by atoms with Crippen LogP contribution in [0.4, 0.5) is 37.7 Å². The average Bonchev–Trinajstić information content (AvgIpc) is 3.21. The largest absolute Gasteiger partial charge is 0.726 e. The molecule has 1 heterocycles. The lowest BCUT2D eigenvalue weighted by Crippen LogP contribution is -2.37. The number of nitrogen functional groups attached to an aromatic ring is 2. The van der Waals surface area contributed by atoms with Crippen LogP contribution >= 0.6 is 22.6 Å². The first-order chi connectivity index (χ1) is 21.1. The molecule has 0 amide bonds. The average molecular weight is 845 g/mol. The molecular weight excluding hydrogens is 809 g/mol. The number of carboxylic acid groups (broad SMARTS) is 1. The van der Waals surface area contributed by atoms with Gasteiger partial charge in [-0.05, 0) is 54.2 Å². The third-order valence-electron chi connectivity index (χ3n) is 4.84.